The van der Waals surface area contributed by atoms with Gasteiger partial charge < -0.3 is 5.32 Å². The summed E-state index contributed by atoms with van der Waals surface area (Å²) < 4.78 is 342. The molecule has 43 heavy (non-hydrogen) atoms. The van der Waals surface area contributed by atoms with Crippen molar-refractivity contribution in [1.29, 1.82) is 0 Å². The Kier molecular flexibility index (Phi) is 11.3. The topological polar surface area (TPSA) is 66.4 Å². The number of nitrogens with one attached hydrogen (secondary N) is 1. The zero-order chi connectivity index (χ0) is 36.3. The molecule has 0 bridgehead atoms. The van der Waals surface area contributed by atoms with Crippen molar-refractivity contribution in [2.24, 2.45) is 0 Å². The third-order valence-corrected chi connectivity index (χ3v) is 5.29. The fraction of sp³-hybridized carbons (Fsp3) is 1.00. The van der Waals surface area contributed by atoms with Crippen molar-refractivity contribution in [1.82, 2.24) is 5.32 Å². The van der Waals surface area contributed by atoms with Crippen LogP contribution in [0.4, 0.5) is 105 Å². The number of hydrogen-bond acceptors (Lipinski definition) is 3. The summed E-state index contributed by atoms with van der Waals surface area (Å²) in [5, 5.41) is 2.75. The summed E-state index contributed by atoms with van der Waals surface area (Å²) in [5.41, 5.74) is -6.28. The molecule has 0 aromatic heterocycles. The number of rotatable bonds is 11. The summed E-state index contributed by atoms with van der Waals surface area (Å²) in [7, 11) is -3.72. The van der Waals surface area contributed by atoms with Gasteiger partial charge in [0.15, 0.2) is 0 Å². The van der Waals surface area contributed by atoms with Crippen molar-refractivity contribution >= 4 is 10.1 Å². The third kappa shape index (κ3) is 5.84. The molecular formula is C14H9F24NO3S. The number of halogens is 24. The summed E-state index contributed by atoms with van der Waals surface area (Å²) in [4.78, 5) is 0. The van der Waals surface area contributed by atoms with Gasteiger partial charge in [0, 0.05) is 0 Å². The van der Waals surface area contributed by atoms with E-state index in [9.17, 15) is 114 Å². The second-order valence-electron chi connectivity index (χ2n) is 7.62. The van der Waals surface area contributed by atoms with Crippen LogP contribution in [0.25, 0.3) is 0 Å². The first kappa shape index (κ1) is 43.3. The van der Waals surface area contributed by atoms with Gasteiger partial charge in [-0.25, -0.2) is 4.39 Å². The molecule has 0 heterocycles. The Bertz CT molecular complexity index is 1080. The van der Waals surface area contributed by atoms with Crippen LogP contribution in [0.15, 0.2) is 0 Å². The molecule has 1 unspecified atom stereocenters. The predicted molar refractivity (Wildman–Crippen MR) is 87.0 cm³/mol. The van der Waals surface area contributed by atoms with E-state index in [1.54, 1.807) is 0 Å². The monoisotopic (exact) mass is 727 g/mol. The number of hydrogen-bond donors (Lipinski definition) is 2. The predicted octanol–water partition coefficient (Wildman–Crippen LogP) is 6.92. The average molecular weight is 727 g/mol. The Morgan fingerprint density at radius 2 is 0.605 bits per heavy atom. The van der Waals surface area contributed by atoms with E-state index in [-0.39, 0.29) is 0 Å². The van der Waals surface area contributed by atoms with E-state index in [0.29, 0.717) is 0 Å². The first-order chi connectivity index (χ1) is 18.1. The van der Waals surface area contributed by atoms with Gasteiger partial charge in [-0.3, -0.25) is 4.55 Å². The van der Waals surface area contributed by atoms with Gasteiger partial charge in [0.05, 0.1) is 0 Å². The molecule has 0 amide bonds. The molecule has 262 valence electrons. The first-order valence-electron chi connectivity index (χ1n) is 9.11. The fourth-order valence-corrected chi connectivity index (χ4v) is 2.62. The maximum atomic E-state index is 13.5. The van der Waals surface area contributed by atoms with Gasteiger partial charge in [0.2, 0.25) is 0 Å². The van der Waals surface area contributed by atoms with Gasteiger partial charge in [0.25, 0.3) is 5.50 Å². The van der Waals surface area contributed by atoms with E-state index >= 15 is 0 Å². The van der Waals surface area contributed by atoms with Gasteiger partial charge in [0.1, 0.15) is 0 Å². The summed E-state index contributed by atoms with van der Waals surface area (Å²) in [6, 6.07) is 0. The van der Waals surface area contributed by atoms with E-state index in [4.69, 9.17) is 4.55 Å². The first-order valence-corrected chi connectivity index (χ1v) is 10.6. The van der Waals surface area contributed by atoms with Crippen molar-refractivity contribution in [3.8, 4) is 0 Å². The van der Waals surface area contributed by atoms with Crippen molar-refractivity contribution in [2.45, 2.75) is 70.9 Å². The summed E-state index contributed by atoms with van der Waals surface area (Å²) in [5.74, 6) is -91.9. The largest absolute Gasteiger partial charge is 0.460 e. The maximum Gasteiger partial charge on any atom is 0.460 e. The highest BCUT2D eigenvalue weighted by atomic mass is 32.2. The molecule has 4 nitrogen and oxygen atoms in total. The highest BCUT2D eigenvalue weighted by Crippen LogP contribution is 2.67. The van der Waals surface area contributed by atoms with Crippen LogP contribution in [0.1, 0.15) is 0 Å². The van der Waals surface area contributed by atoms with E-state index < -0.39 is 81.0 Å². The van der Waals surface area contributed by atoms with Crippen LogP contribution in [0.5, 0.6) is 0 Å². The van der Waals surface area contributed by atoms with Gasteiger partial charge in [-0.1, -0.05) is 0 Å². The SMILES string of the molecule is CNC.O=S(=O)(O)C(F)C(F)(F)C(F)(F)C(F)(F)C(F)(F)C(F)(F)C(F)(F)C(F)(F)C(F)(F)C(F)(F)C(F)(F)C(F)(F)F. The van der Waals surface area contributed by atoms with Crippen LogP contribution >= 0.6 is 0 Å². The number of alkyl halides is 24. The van der Waals surface area contributed by atoms with Crippen molar-refractivity contribution in [2.75, 3.05) is 14.1 Å². The molecule has 0 aromatic carbocycles. The van der Waals surface area contributed by atoms with Crippen molar-refractivity contribution in [3.05, 3.63) is 0 Å². The zero-order valence-corrected chi connectivity index (χ0v) is 20.1. The van der Waals surface area contributed by atoms with Crippen LogP contribution in [-0.2, 0) is 10.1 Å². The lowest BCUT2D eigenvalue weighted by molar-refractivity contribution is -0.478. The Morgan fingerprint density at radius 3 is 0.767 bits per heavy atom. The maximum absolute atomic E-state index is 13.5. The van der Waals surface area contributed by atoms with Crippen molar-refractivity contribution in [3.63, 3.8) is 0 Å². The van der Waals surface area contributed by atoms with Gasteiger partial charge in [-0.15, -0.1) is 0 Å². The van der Waals surface area contributed by atoms with Gasteiger partial charge >= 0.3 is 75.5 Å². The van der Waals surface area contributed by atoms with E-state index in [1.165, 1.54) is 0 Å². The molecule has 1 atom stereocenters. The molecule has 29 heteroatoms. The average Bonchev–Trinajstić information content (AvgIpc) is 2.76. The van der Waals surface area contributed by atoms with Crippen LogP contribution in [-0.4, -0.2) is 98.0 Å². The highest BCUT2D eigenvalue weighted by Gasteiger charge is 2.99. The second-order valence-corrected chi connectivity index (χ2v) is 9.07. The summed E-state index contributed by atoms with van der Waals surface area (Å²) >= 11 is 0. The Balaban J connectivity index is 0. The summed E-state index contributed by atoms with van der Waals surface area (Å²) in [6.07, 6.45) is -8.19. The van der Waals surface area contributed by atoms with E-state index in [0.717, 1.165) is 0 Å². The van der Waals surface area contributed by atoms with Gasteiger partial charge in [-0.05, 0) is 14.1 Å². The lowest BCUT2D eigenvalue weighted by Crippen LogP contribution is -2.78. The normalized spacial score (nSPS) is 16.9. The minimum atomic E-state index is -9.63. The Morgan fingerprint density at radius 1 is 0.442 bits per heavy atom. The molecule has 0 fully saturated rings. The molecule has 0 saturated heterocycles. The highest BCUT2D eigenvalue weighted by molar-refractivity contribution is 7.86. The standard InChI is InChI=1S/C12H2F24O3S.C2H7N/c13-1(40(37,38)39)2(14,15)3(16,17)4(18,19)5(20,21)6(22,23)7(24,25)8(26,27)9(28,29)10(30,31)11(32,33)12(34,35)36;1-3-2/h1H,(H,37,38,39);3H,1-2H3. The summed E-state index contributed by atoms with van der Waals surface area (Å²) in [6.45, 7) is 0. The van der Waals surface area contributed by atoms with Crippen LogP contribution in [0, 0.1) is 0 Å². The van der Waals surface area contributed by atoms with Crippen molar-refractivity contribution < 1.29 is 118 Å². The fourth-order valence-electron chi connectivity index (χ4n) is 2.10. The molecular weight excluding hydrogens is 718 g/mol. The molecule has 0 spiro atoms. The molecule has 0 aromatic rings. The Hall–Kier alpha value is -1.81. The lowest BCUT2D eigenvalue weighted by atomic mass is 9.85. The molecule has 0 radical (unpaired) electrons. The molecule has 0 saturated carbocycles. The molecule has 0 aliphatic rings. The Labute approximate surface area is 220 Å². The third-order valence-electron chi connectivity index (χ3n) is 4.48. The van der Waals surface area contributed by atoms with E-state index in [2.05, 4.69) is 5.32 Å². The van der Waals surface area contributed by atoms with Crippen LogP contribution in [0.2, 0.25) is 0 Å². The second kappa shape index (κ2) is 11.2. The molecule has 0 aliphatic heterocycles. The lowest BCUT2D eigenvalue weighted by Gasteiger charge is -2.45. The van der Waals surface area contributed by atoms with E-state index in [1.807, 2.05) is 14.1 Å². The molecule has 2 N–H and O–H groups in total. The smallest absolute Gasteiger partial charge is 0.323 e. The minimum Gasteiger partial charge on any atom is -0.323 e. The van der Waals surface area contributed by atoms with Gasteiger partial charge in [-0.2, -0.15) is 109 Å². The molecule has 0 rings (SSSR count). The van der Waals surface area contributed by atoms with Crippen LogP contribution in [0.3, 0.4) is 0 Å². The molecule has 0 aliphatic carbocycles. The van der Waals surface area contributed by atoms with Crippen LogP contribution < -0.4 is 5.32 Å². The quantitative estimate of drug-likeness (QED) is 0.179. The minimum absolute atomic E-state index is 1.88. The zero-order valence-electron chi connectivity index (χ0n) is 19.3.